The predicted octanol–water partition coefficient (Wildman–Crippen LogP) is 4.10. The van der Waals surface area contributed by atoms with Gasteiger partial charge >= 0.3 is 0 Å². The SMILES string of the molecule is O=C(Cc1ccc(NS(=O)(=O)c2cccs2)cc1)NCCC1=CCCCC1. The number of hydrogen-bond donors (Lipinski definition) is 2. The first kappa shape index (κ1) is 19.6. The molecule has 0 radical (unpaired) electrons. The number of anilines is 1. The molecule has 1 aromatic carbocycles. The van der Waals surface area contributed by atoms with Crippen LogP contribution >= 0.6 is 11.3 Å². The second-order valence-electron chi connectivity index (χ2n) is 6.62. The molecule has 1 amide bonds. The summed E-state index contributed by atoms with van der Waals surface area (Å²) in [6.07, 6.45) is 8.35. The molecule has 1 heterocycles. The van der Waals surface area contributed by atoms with Crippen LogP contribution in [0.3, 0.4) is 0 Å². The van der Waals surface area contributed by atoms with Crippen molar-refractivity contribution in [1.29, 1.82) is 0 Å². The van der Waals surface area contributed by atoms with Crippen LogP contribution in [0, 0.1) is 0 Å². The Morgan fingerprint density at radius 2 is 1.93 bits per heavy atom. The van der Waals surface area contributed by atoms with E-state index in [1.54, 1.807) is 41.8 Å². The molecular weight excluding hydrogens is 380 g/mol. The lowest BCUT2D eigenvalue weighted by molar-refractivity contribution is -0.120. The van der Waals surface area contributed by atoms with Gasteiger partial charge in [0.15, 0.2) is 0 Å². The standard InChI is InChI=1S/C20H24N2O3S2/c23-19(21-13-12-16-5-2-1-3-6-16)15-17-8-10-18(11-9-17)22-27(24,25)20-7-4-14-26-20/h4-5,7-11,14,22H,1-3,6,12-13,15H2,(H,21,23). The third-order valence-electron chi connectivity index (χ3n) is 4.48. The smallest absolute Gasteiger partial charge is 0.271 e. The molecule has 0 bridgehead atoms. The Kier molecular flexibility index (Phi) is 6.68. The number of hydrogen-bond acceptors (Lipinski definition) is 4. The lowest BCUT2D eigenvalue weighted by atomic mass is 9.97. The number of benzene rings is 1. The molecule has 0 saturated carbocycles. The van der Waals surface area contributed by atoms with E-state index in [0.717, 1.165) is 24.8 Å². The van der Waals surface area contributed by atoms with Gasteiger partial charge in [0.2, 0.25) is 5.91 Å². The Morgan fingerprint density at radius 3 is 2.59 bits per heavy atom. The highest BCUT2D eigenvalue weighted by atomic mass is 32.2. The number of allylic oxidation sites excluding steroid dienone is 1. The van der Waals surface area contributed by atoms with Crippen molar-refractivity contribution in [2.75, 3.05) is 11.3 Å². The van der Waals surface area contributed by atoms with Crippen molar-refractivity contribution in [3.05, 3.63) is 59.0 Å². The zero-order chi connectivity index (χ0) is 19.1. The van der Waals surface area contributed by atoms with Crippen LogP contribution in [-0.4, -0.2) is 20.9 Å². The molecule has 5 nitrogen and oxygen atoms in total. The van der Waals surface area contributed by atoms with E-state index in [4.69, 9.17) is 0 Å². The van der Waals surface area contributed by atoms with Crippen LogP contribution < -0.4 is 10.0 Å². The van der Waals surface area contributed by atoms with Crippen LogP contribution in [0.25, 0.3) is 0 Å². The molecule has 0 saturated heterocycles. The van der Waals surface area contributed by atoms with Crippen molar-refractivity contribution in [3.8, 4) is 0 Å². The Bertz CT molecular complexity index is 886. The van der Waals surface area contributed by atoms with Crippen LogP contribution in [0.5, 0.6) is 0 Å². The molecule has 144 valence electrons. The van der Waals surface area contributed by atoms with Gasteiger partial charge in [0.05, 0.1) is 6.42 Å². The van der Waals surface area contributed by atoms with E-state index >= 15 is 0 Å². The van der Waals surface area contributed by atoms with E-state index in [9.17, 15) is 13.2 Å². The summed E-state index contributed by atoms with van der Waals surface area (Å²) in [5.41, 5.74) is 2.78. The Morgan fingerprint density at radius 1 is 1.11 bits per heavy atom. The van der Waals surface area contributed by atoms with Gasteiger partial charge in [-0.05, 0) is 61.2 Å². The van der Waals surface area contributed by atoms with Crippen molar-refractivity contribution < 1.29 is 13.2 Å². The van der Waals surface area contributed by atoms with Gasteiger partial charge in [0, 0.05) is 12.2 Å². The summed E-state index contributed by atoms with van der Waals surface area (Å²) in [7, 11) is -3.54. The number of sulfonamides is 1. The maximum absolute atomic E-state index is 12.2. The zero-order valence-electron chi connectivity index (χ0n) is 15.1. The minimum atomic E-state index is -3.54. The maximum Gasteiger partial charge on any atom is 0.271 e. The summed E-state index contributed by atoms with van der Waals surface area (Å²) >= 11 is 1.17. The molecule has 0 spiro atoms. The molecule has 7 heteroatoms. The molecule has 2 N–H and O–H groups in total. The topological polar surface area (TPSA) is 75.3 Å². The third kappa shape index (κ3) is 5.94. The highest BCUT2D eigenvalue weighted by Gasteiger charge is 2.15. The van der Waals surface area contributed by atoms with Crippen molar-refractivity contribution in [3.63, 3.8) is 0 Å². The summed E-state index contributed by atoms with van der Waals surface area (Å²) in [5.74, 6) is -0.0154. The second kappa shape index (κ2) is 9.19. The largest absolute Gasteiger partial charge is 0.355 e. The van der Waals surface area contributed by atoms with E-state index < -0.39 is 10.0 Å². The van der Waals surface area contributed by atoms with Crippen LogP contribution in [0.1, 0.15) is 37.7 Å². The number of nitrogens with one attached hydrogen (secondary N) is 2. The average molecular weight is 405 g/mol. The fourth-order valence-electron chi connectivity index (χ4n) is 3.05. The molecule has 0 fully saturated rings. The minimum Gasteiger partial charge on any atom is -0.355 e. The van der Waals surface area contributed by atoms with E-state index in [2.05, 4.69) is 16.1 Å². The molecule has 1 aromatic heterocycles. The zero-order valence-corrected chi connectivity index (χ0v) is 16.7. The quantitative estimate of drug-likeness (QED) is 0.651. The molecule has 1 aliphatic rings. The maximum atomic E-state index is 12.2. The molecule has 27 heavy (non-hydrogen) atoms. The first-order chi connectivity index (χ1) is 13.0. The average Bonchev–Trinajstić information content (AvgIpc) is 3.20. The number of thiophene rings is 1. The fourth-order valence-corrected chi connectivity index (χ4v) is 5.11. The highest BCUT2D eigenvalue weighted by molar-refractivity contribution is 7.94. The second-order valence-corrected chi connectivity index (χ2v) is 9.48. The van der Waals surface area contributed by atoms with Crippen molar-refractivity contribution in [1.82, 2.24) is 5.32 Å². The van der Waals surface area contributed by atoms with Crippen LogP contribution in [0.2, 0.25) is 0 Å². The van der Waals surface area contributed by atoms with Gasteiger partial charge in [-0.1, -0.05) is 29.8 Å². The van der Waals surface area contributed by atoms with E-state index in [1.165, 1.54) is 29.8 Å². The summed E-state index contributed by atoms with van der Waals surface area (Å²) < 4.78 is 27.2. The first-order valence-electron chi connectivity index (χ1n) is 9.13. The van der Waals surface area contributed by atoms with Gasteiger partial charge in [0.1, 0.15) is 4.21 Å². The molecule has 3 rings (SSSR count). The van der Waals surface area contributed by atoms with Crippen LogP contribution in [-0.2, 0) is 21.2 Å². The Hall–Kier alpha value is -2.12. The number of carbonyl (C=O) groups is 1. The minimum absolute atomic E-state index is 0.0154. The normalized spacial score (nSPS) is 14.4. The summed E-state index contributed by atoms with van der Waals surface area (Å²) in [5, 5.41) is 4.68. The molecular formula is C20H24N2O3S2. The van der Waals surface area contributed by atoms with Crippen molar-refractivity contribution >= 4 is 33.0 Å². The number of rotatable bonds is 8. The molecule has 0 aliphatic heterocycles. The van der Waals surface area contributed by atoms with Crippen molar-refractivity contribution in [2.45, 2.75) is 42.7 Å². The summed E-state index contributed by atoms with van der Waals surface area (Å²) in [6.45, 7) is 0.670. The van der Waals surface area contributed by atoms with Crippen molar-refractivity contribution in [2.24, 2.45) is 0 Å². The van der Waals surface area contributed by atoms with Gasteiger partial charge in [-0.15, -0.1) is 11.3 Å². The highest BCUT2D eigenvalue weighted by Crippen LogP contribution is 2.21. The Balaban J connectivity index is 1.47. The van der Waals surface area contributed by atoms with E-state index in [-0.39, 0.29) is 16.5 Å². The monoisotopic (exact) mass is 404 g/mol. The summed E-state index contributed by atoms with van der Waals surface area (Å²) in [4.78, 5) is 12.1. The van der Waals surface area contributed by atoms with Gasteiger partial charge in [-0.3, -0.25) is 9.52 Å². The third-order valence-corrected chi connectivity index (χ3v) is 7.26. The van der Waals surface area contributed by atoms with Gasteiger partial charge in [-0.2, -0.15) is 0 Å². The Labute approximate surface area is 164 Å². The van der Waals surface area contributed by atoms with Crippen LogP contribution in [0.4, 0.5) is 5.69 Å². The van der Waals surface area contributed by atoms with E-state index in [0.29, 0.717) is 12.2 Å². The number of carbonyl (C=O) groups excluding carboxylic acids is 1. The van der Waals surface area contributed by atoms with Gasteiger partial charge in [0.25, 0.3) is 10.0 Å². The van der Waals surface area contributed by atoms with Gasteiger partial charge < -0.3 is 5.32 Å². The molecule has 2 aromatic rings. The number of amides is 1. The lowest BCUT2D eigenvalue weighted by Crippen LogP contribution is -2.26. The lowest BCUT2D eigenvalue weighted by Gasteiger charge is -2.13. The van der Waals surface area contributed by atoms with E-state index in [1.807, 2.05) is 0 Å². The molecule has 0 atom stereocenters. The fraction of sp³-hybridized carbons (Fsp3) is 0.350. The summed E-state index contributed by atoms with van der Waals surface area (Å²) in [6, 6.07) is 10.2. The van der Waals surface area contributed by atoms with Gasteiger partial charge in [-0.25, -0.2) is 8.42 Å². The molecule has 0 unspecified atom stereocenters. The predicted molar refractivity (Wildman–Crippen MR) is 109 cm³/mol. The molecule has 1 aliphatic carbocycles. The first-order valence-corrected chi connectivity index (χ1v) is 11.5. The van der Waals surface area contributed by atoms with Crippen LogP contribution in [0.15, 0.2) is 57.6 Å².